The highest BCUT2D eigenvalue weighted by Crippen LogP contribution is 2.38. The first-order valence-electron chi connectivity index (χ1n) is 8.54. The minimum Gasteiger partial charge on any atom is -0.481 e. The molecule has 1 N–H and O–H groups in total. The fraction of sp³-hybridized carbons (Fsp3) is 0.350. The molecule has 1 aromatic heterocycles. The third-order valence-electron chi connectivity index (χ3n) is 4.89. The van der Waals surface area contributed by atoms with E-state index in [1.807, 2.05) is 43.3 Å². The molecule has 0 saturated carbocycles. The summed E-state index contributed by atoms with van der Waals surface area (Å²) in [6.07, 6.45) is 4.83. The van der Waals surface area contributed by atoms with Crippen LogP contribution in [0.25, 0.3) is 0 Å². The minimum atomic E-state index is -0.841. The van der Waals surface area contributed by atoms with E-state index in [2.05, 4.69) is 4.98 Å². The van der Waals surface area contributed by atoms with E-state index in [-0.39, 0.29) is 12.3 Å². The summed E-state index contributed by atoms with van der Waals surface area (Å²) in [5, 5.41) is 9.70. The average molecular weight is 338 g/mol. The monoisotopic (exact) mass is 338 g/mol. The summed E-state index contributed by atoms with van der Waals surface area (Å²) in [6, 6.07) is 11.2. The summed E-state index contributed by atoms with van der Waals surface area (Å²) < 4.78 is 0. The summed E-state index contributed by atoms with van der Waals surface area (Å²) >= 11 is 0. The molecule has 1 amide bonds. The van der Waals surface area contributed by atoms with Gasteiger partial charge in [0, 0.05) is 25.4 Å². The Bertz CT molecular complexity index is 761. The van der Waals surface area contributed by atoms with Gasteiger partial charge in [-0.1, -0.05) is 30.3 Å². The Morgan fingerprint density at radius 2 is 2.08 bits per heavy atom. The zero-order valence-electron chi connectivity index (χ0n) is 14.3. The van der Waals surface area contributed by atoms with Gasteiger partial charge in [0.15, 0.2) is 0 Å². The van der Waals surface area contributed by atoms with Crippen molar-refractivity contribution in [3.63, 3.8) is 0 Å². The maximum absolute atomic E-state index is 12.6. The predicted octanol–water partition coefficient (Wildman–Crippen LogP) is 3.00. The molecule has 1 aromatic carbocycles. The lowest BCUT2D eigenvalue weighted by molar-refractivity contribution is -0.152. The van der Waals surface area contributed by atoms with Crippen LogP contribution in [0.2, 0.25) is 0 Å². The number of aliphatic carboxylic acids is 1. The van der Waals surface area contributed by atoms with Crippen molar-refractivity contribution in [2.45, 2.75) is 32.2 Å². The molecule has 5 heteroatoms. The highest BCUT2D eigenvalue weighted by atomic mass is 16.4. The number of hydrogen-bond acceptors (Lipinski definition) is 3. The van der Waals surface area contributed by atoms with Gasteiger partial charge in [-0.2, -0.15) is 0 Å². The van der Waals surface area contributed by atoms with Crippen LogP contribution < -0.4 is 0 Å². The number of carboxylic acid groups (broad SMARTS) is 1. The molecule has 1 aliphatic rings. The standard InChI is InChI=1S/C20H22N2O3/c1-14-5-2-3-7-16(14)19-17(20(24)25)8-9-18(23)22(19)12-10-15-6-4-11-21-13-15/h2-7,11,13,17,19H,8-10,12H2,1H3,(H,24,25)/t17-,19+/m0/s1. The second kappa shape index (κ2) is 7.47. The number of rotatable bonds is 5. The summed E-state index contributed by atoms with van der Waals surface area (Å²) in [6.45, 7) is 2.46. The van der Waals surface area contributed by atoms with Crippen molar-refractivity contribution in [3.8, 4) is 0 Å². The Hall–Kier alpha value is -2.69. The van der Waals surface area contributed by atoms with Gasteiger partial charge in [-0.05, 0) is 42.5 Å². The largest absolute Gasteiger partial charge is 0.481 e. The molecule has 0 radical (unpaired) electrons. The predicted molar refractivity (Wildman–Crippen MR) is 93.9 cm³/mol. The molecule has 2 heterocycles. The number of carbonyl (C=O) groups excluding carboxylic acids is 1. The van der Waals surface area contributed by atoms with Crippen LogP contribution in [0, 0.1) is 12.8 Å². The van der Waals surface area contributed by atoms with E-state index in [1.165, 1.54) is 0 Å². The van der Waals surface area contributed by atoms with Crippen LogP contribution >= 0.6 is 0 Å². The second-order valence-electron chi connectivity index (χ2n) is 6.48. The first-order valence-corrected chi connectivity index (χ1v) is 8.54. The SMILES string of the molecule is Cc1ccccc1[C@@H]1[C@@H](C(=O)O)CCC(=O)N1CCc1cccnc1. The number of piperidine rings is 1. The molecule has 5 nitrogen and oxygen atoms in total. The van der Waals surface area contributed by atoms with Crippen molar-refractivity contribution < 1.29 is 14.7 Å². The van der Waals surface area contributed by atoms with Crippen LogP contribution in [-0.2, 0) is 16.0 Å². The summed E-state index contributed by atoms with van der Waals surface area (Å²) in [4.78, 5) is 30.3. The van der Waals surface area contributed by atoms with Gasteiger partial charge in [0.05, 0.1) is 12.0 Å². The third-order valence-corrected chi connectivity index (χ3v) is 4.89. The maximum atomic E-state index is 12.6. The van der Waals surface area contributed by atoms with Crippen molar-refractivity contribution in [1.29, 1.82) is 0 Å². The molecule has 0 bridgehead atoms. The Labute approximate surface area is 147 Å². The van der Waals surface area contributed by atoms with Crippen LogP contribution in [0.15, 0.2) is 48.8 Å². The second-order valence-corrected chi connectivity index (χ2v) is 6.48. The first-order chi connectivity index (χ1) is 12.1. The minimum absolute atomic E-state index is 0.0228. The highest BCUT2D eigenvalue weighted by molar-refractivity contribution is 5.82. The van der Waals surface area contributed by atoms with Crippen LogP contribution in [0.3, 0.4) is 0 Å². The van der Waals surface area contributed by atoms with E-state index in [0.717, 1.165) is 16.7 Å². The lowest BCUT2D eigenvalue weighted by Crippen LogP contribution is -2.46. The first kappa shape index (κ1) is 17.1. The summed E-state index contributed by atoms with van der Waals surface area (Å²) in [5.74, 6) is -1.39. The van der Waals surface area contributed by atoms with Crippen LogP contribution in [0.4, 0.5) is 0 Å². The Morgan fingerprint density at radius 1 is 1.28 bits per heavy atom. The molecule has 1 saturated heterocycles. The summed E-state index contributed by atoms with van der Waals surface area (Å²) in [5.41, 5.74) is 2.98. The van der Waals surface area contributed by atoms with E-state index in [4.69, 9.17) is 0 Å². The Morgan fingerprint density at radius 3 is 2.76 bits per heavy atom. The number of carbonyl (C=O) groups is 2. The number of aryl methyl sites for hydroxylation is 1. The van der Waals surface area contributed by atoms with Crippen molar-refractivity contribution >= 4 is 11.9 Å². The van der Waals surface area contributed by atoms with E-state index < -0.39 is 17.9 Å². The maximum Gasteiger partial charge on any atom is 0.308 e. The molecule has 130 valence electrons. The molecule has 3 rings (SSSR count). The van der Waals surface area contributed by atoms with Crippen LogP contribution in [0.1, 0.15) is 35.6 Å². The van der Waals surface area contributed by atoms with Gasteiger partial charge >= 0.3 is 5.97 Å². The summed E-state index contributed by atoms with van der Waals surface area (Å²) in [7, 11) is 0. The molecular weight excluding hydrogens is 316 g/mol. The molecule has 0 spiro atoms. The van der Waals surface area contributed by atoms with E-state index in [9.17, 15) is 14.7 Å². The molecule has 25 heavy (non-hydrogen) atoms. The van der Waals surface area contributed by atoms with Crippen molar-refractivity contribution in [3.05, 3.63) is 65.5 Å². The number of benzene rings is 1. The molecule has 2 aromatic rings. The van der Waals surface area contributed by atoms with Crippen molar-refractivity contribution in [1.82, 2.24) is 9.88 Å². The Kier molecular flexibility index (Phi) is 5.12. The normalized spacial score (nSPS) is 20.5. The average Bonchev–Trinajstić information content (AvgIpc) is 2.61. The molecule has 1 fully saturated rings. The van der Waals surface area contributed by atoms with Gasteiger partial charge in [-0.3, -0.25) is 14.6 Å². The highest BCUT2D eigenvalue weighted by Gasteiger charge is 2.40. The van der Waals surface area contributed by atoms with E-state index in [1.54, 1.807) is 17.3 Å². The van der Waals surface area contributed by atoms with Gasteiger partial charge in [0.25, 0.3) is 0 Å². The number of likely N-dealkylation sites (tertiary alicyclic amines) is 1. The molecule has 1 aliphatic heterocycles. The number of carboxylic acids is 1. The fourth-order valence-corrected chi connectivity index (χ4v) is 3.57. The topological polar surface area (TPSA) is 70.5 Å². The number of aromatic nitrogens is 1. The zero-order valence-corrected chi connectivity index (χ0v) is 14.3. The zero-order chi connectivity index (χ0) is 17.8. The molecule has 0 aliphatic carbocycles. The third kappa shape index (κ3) is 3.71. The van der Waals surface area contributed by atoms with Gasteiger partial charge in [-0.15, -0.1) is 0 Å². The van der Waals surface area contributed by atoms with Gasteiger partial charge in [0.1, 0.15) is 0 Å². The lowest BCUT2D eigenvalue weighted by Gasteiger charge is -2.40. The number of pyridine rings is 1. The van der Waals surface area contributed by atoms with Gasteiger partial charge in [0.2, 0.25) is 5.91 Å². The van der Waals surface area contributed by atoms with E-state index >= 15 is 0 Å². The van der Waals surface area contributed by atoms with E-state index in [0.29, 0.717) is 19.4 Å². The fourth-order valence-electron chi connectivity index (χ4n) is 3.57. The van der Waals surface area contributed by atoms with Gasteiger partial charge < -0.3 is 10.0 Å². The van der Waals surface area contributed by atoms with Gasteiger partial charge in [-0.25, -0.2) is 0 Å². The quantitative estimate of drug-likeness (QED) is 0.910. The molecule has 2 atom stereocenters. The van der Waals surface area contributed by atoms with Crippen molar-refractivity contribution in [2.24, 2.45) is 5.92 Å². The number of amides is 1. The smallest absolute Gasteiger partial charge is 0.308 e. The lowest BCUT2D eigenvalue weighted by atomic mass is 9.82. The molecule has 0 unspecified atom stereocenters. The Balaban J connectivity index is 1.92. The number of hydrogen-bond donors (Lipinski definition) is 1. The van der Waals surface area contributed by atoms with Crippen LogP contribution in [-0.4, -0.2) is 33.4 Å². The van der Waals surface area contributed by atoms with Crippen molar-refractivity contribution in [2.75, 3.05) is 6.54 Å². The molecular formula is C20H22N2O3. The number of nitrogens with zero attached hydrogens (tertiary/aromatic N) is 2. The van der Waals surface area contributed by atoms with Crippen LogP contribution in [0.5, 0.6) is 0 Å².